The molecule has 9 nitrogen and oxygen atoms in total. The number of carbonyl (C=O) groups excluding carboxylic acids is 1. The summed E-state index contributed by atoms with van der Waals surface area (Å²) in [5, 5.41) is 46.5. The number of ether oxygens (including phenoxy) is 3. The van der Waals surface area contributed by atoms with Crippen LogP contribution in [0.5, 0.6) is 11.5 Å². The molecule has 1 aliphatic carbocycles. The van der Waals surface area contributed by atoms with Crippen molar-refractivity contribution in [3.63, 3.8) is 0 Å². The minimum Gasteiger partial charge on any atom is -0.487 e. The lowest BCUT2D eigenvalue weighted by atomic mass is 9.97. The Morgan fingerprint density at radius 3 is 2.15 bits per heavy atom. The maximum absolute atomic E-state index is 12.2. The number of methoxy groups -OCH3 is 1. The van der Waals surface area contributed by atoms with E-state index in [9.17, 15) is 20.6 Å². The van der Waals surface area contributed by atoms with E-state index in [1.165, 1.54) is 18.2 Å². The van der Waals surface area contributed by atoms with E-state index in [-0.39, 0.29) is 37.9 Å². The van der Waals surface area contributed by atoms with E-state index in [1.807, 2.05) is 0 Å². The highest BCUT2D eigenvalue weighted by Gasteiger charge is 2.85. The zero-order chi connectivity index (χ0) is 20.1. The molecule has 140 valence electrons. The first kappa shape index (κ1) is 20.0. The Morgan fingerprint density at radius 2 is 1.67 bits per heavy atom. The normalized spacial score (nSPS) is 21.9. The first-order valence-electron chi connectivity index (χ1n) is 7.96. The van der Waals surface area contributed by atoms with Crippen LogP contribution in [0.4, 0.5) is 0 Å². The van der Waals surface area contributed by atoms with Crippen LogP contribution in [0.1, 0.15) is 11.5 Å². The standard InChI is InChI=1S/C18H17N3O6/c1-25-16(24)18(11-21)15(17(18,9-19)10-20)12-2-3-13(26-6-4-22)14(8-12)27-7-5-23/h2-3,8,15,22-23H,4-7H2,1H3. The largest absolute Gasteiger partial charge is 0.487 e. The van der Waals surface area contributed by atoms with Crippen molar-refractivity contribution in [2.75, 3.05) is 33.5 Å². The molecule has 1 aliphatic rings. The fraction of sp³-hybridized carbons (Fsp3) is 0.444. The Labute approximate surface area is 155 Å². The molecule has 2 atom stereocenters. The average Bonchev–Trinajstić information content (AvgIpc) is 3.33. The van der Waals surface area contributed by atoms with Crippen LogP contribution in [0, 0.1) is 44.8 Å². The van der Waals surface area contributed by atoms with Crippen molar-refractivity contribution in [1.82, 2.24) is 0 Å². The first-order valence-corrected chi connectivity index (χ1v) is 7.96. The van der Waals surface area contributed by atoms with Gasteiger partial charge in [0.05, 0.1) is 44.4 Å². The molecule has 1 aromatic carbocycles. The second kappa shape index (κ2) is 7.92. The molecule has 9 heteroatoms. The predicted octanol–water partition coefficient (Wildman–Crippen LogP) is 0.243. The van der Waals surface area contributed by atoms with Gasteiger partial charge in [-0.05, 0) is 17.7 Å². The smallest absolute Gasteiger partial charge is 0.329 e. The van der Waals surface area contributed by atoms with Gasteiger partial charge in [-0.3, -0.25) is 4.79 Å². The molecule has 0 heterocycles. The maximum Gasteiger partial charge on any atom is 0.329 e. The summed E-state index contributed by atoms with van der Waals surface area (Å²) in [6.45, 7) is -0.540. The van der Waals surface area contributed by atoms with Crippen LogP contribution in [-0.4, -0.2) is 49.7 Å². The number of carbonyl (C=O) groups is 1. The molecule has 2 rings (SSSR count). The number of rotatable bonds is 8. The number of aliphatic hydroxyl groups is 2. The van der Waals surface area contributed by atoms with Gasteiger partial charge in [0.25, 0.3) is 0 Å². The van der Waals surface area contributed by atoms with Crippen LogP contribution >= 0.6 is 0 Å². The molecular formula is C18H17N3O6. The molecule has 0 radical (unpaired) electrons. The number of nitriles is 3. The first-order chi connectivity index (χ1) is 13.0. The zero-order valence-electron chi connectivity index (χ0n) is 14.5. The Balaban J connectivity index is 2.53. The quantitative estimate of drug-likeness (QED) is 0.611. The topological polar surface area (TPSA) is 157 Å². The van der Waals surface area contributed by atoms with Gasteiger partial charge in [0.15, 0.2) is 22.3 Å². The Kier molecular flexibility index (Phi) is 5.87. The summed E-state index contributed by atoms with van der Waals surface area (Å²) in [6, 6.07) is 9.80. The zero-order valence-corrected chi connectivity index (χ0v) is 14.5. The van der Waals surface area contributed by atoms with E-state index in [0.29, 0.717) is 5.56 Å². The Bertz CT molecular complexity index is 836. The highest BCUT2D eigenvalue weighted by molar-refractivity contribution is 5.91. The number of nitrogens with zero attached hydrogens (tertiary/aromatic N) is 3. The van der Waals surface area contributed by atoms with E-state index in [0.717, 1.165) is 7.11 Å². The lowest BCUT2D eigenvalue weighted by Crippen LogP contribution is -2.22. The van der Waals surface area contributed by atoms with Crippen molar-refractivity contribution in [3.8, 4) is 29.7 Å². The maximum atomic E-state index is 12.2. The van der Waals surface area contributed by atoms with Crippen LogP contribution in [0.3, 0.4) is 0 Å². The number of aliphatic hydroxyl groups excluding tert-OH is 2. The van der Waals surface area contributed by atoms with Gasteiger partial charge in [-0.1, -0.05) is 6.07 Å². The summed E-state index contributed by atoms with van der Waals surface area (Å²) in [4.78, 5) is 12.2. The summed E-state index contributed by atoms with van der Waals surface area (Å²) < 4.78 is 15.4. The van der Waals surface area contributed by atoms with Crippen molar-refractivity contribution in [3.05, 3.63) is 23.8 Å². The molecule has 0 aromatic heterocycles. The van der Waals surface area contributed by atoms with Crippen molar-refractivity contribution < 1.29 is 29.2 Å². The molecule has 2 unspecified atom stereocenters. The summed E-state index contributed by atoms with van der Waals surface area (Å²) >= 11 is 0. The minimum absolute atomic E-state index is 0.00286. The number of hydrogen-bond acceptors (Lipinski definition) is 9. The van der Waals surface area contributed by atoms with Crippen molar-refractivity contribution in [1.29, 1.82) is 15.8 Å². The van der Waals surface area contributed by atoms with Crippen molar-refractivity contribution >= 4 is 5.97 Å². The van der Waals surface area contributed by atoms with Gasteiger partial charge < -0.3 is 24.4 Å². The lowest BCUT2D eigenvalue weighted by Gasteiger charge is -2.13. The summed E-state index contributed by atoms with van der Waals surface area (Å²) in [5.41, 5.74) is -3.50. The van der Waals surface area contributed by atoms with Gasteiger partial charge in [-0.15, -0.1) is 0 Å². The molecule has 1 saturated carbocycles. The molecule has 0 amide bonds. The van der Waals surface area contributed by atoms with Crippen LogP contribution in [0.25, 0.3) is 0 Å². The van der Waals surface area contributed by atoms with Gasteiger partial charge >= 0.3 is 5.97 Å². The molecule has 27 heavy (non-hydrogen) atoms. The Hall–Kier alpha value is -3.32. The van der Waals surface area contributed by atoms with E-state index in [1.54, 1.807) is 18.2 Å². The highest BCUT2D eigenvalue weighted by atomic mass is 16.5. The summed E-state index contributed by atoms with van der Waals surface area (Å²) in [6.07, 6.45) is 0. The fourth-order valence-electron chi connectivity index (χ4n) is 3.19. The summed E-state index contributed by atoms with van der Waals surface area (Å²) in [5.74, 6) is -1.55. The molecular weight excluding hydrogens is 354 g/mol. The van der Waals surface area contributed by atoms with E-state index >= 15 is 0 Å². The van der Waals surface area contributed by atoms with Crippen LogP contribution in [-0.2, 0) is 9.53 Å². The molecule has 1 fully saturated rings. The molecule has 2 N–H and O–H groups in total. The number of esters is 1. The van der Waals surface area contributed by atoms with Gasteiger partial charge in [-0.25, -0.2) is 0 Å². The van der Waals surface area contributed by atoms with Crippen molar-refractivity contribution in [2.24, 2.45) is 10.8 Å². The number of hydrogen-bond donors (Lipinski definition) is 2. The predicted molar refractivity (Wildman–Crippen MR) is 88.1 cm³/mol. The van der Waals surface area contributed by atoms with Gasteiger partial charge in [0.1, 0.15) is 13.2 Å². The van der Waals surface area contributed by atoms with Crippen molar-refractivity contribution in [2.45, 2.75) is 5.92 Å². The molecule has 0 bridgehead atoms. The minimum atomic E-state index is -1.95. The average molecular weight is 371 g/mol. The van der Waals surface area contributed by atoms with E-state index in [4.69, 9.17) is 19.7 Å². The SMILES string of the molecule is COC(=O)C1(C#N)C(c2ccc(OCCO)c(OCCO)c2)C1(C#N)C#N. The van der Waals surface area contributed by atoms with Crippen LogP contribution in [0.2, 0.25) is 0 Å². The molecule has 0 saturated heterocycles. The van der Waals surface area contributed by atoms with E-state index in [2.05, 4.69) is 4.74 Å². The molecule has 1 aromatic rings. The fourth-order valence-corrected chi connectivity index (χ4v) is 3.19. The third-order valence-electron chi connectivity index (χ3n) is 4.44. The van der Waals surface area contributed by atoms with Crippen LogP contribution < -0.4 is 9.47 Å². The summed E-state index contributed by atoms with van der Waals surface area (Å²) in [7, 11) is 1.08. The lowest BCUT2D eigenvalue weighted by molar-refractivity contribution is -0.145. The highest BCUT2D eigenvalue weighted by Crippen LogP contribution is 2.74. The molecule has 0 spiro atoms. The third-order valence-corrected chi connectivity index (χ3v) is 4.44. The Morgan fingerprint density at radius 1 is 1.07 bits per heavy atom. The monoisotopic (exact) mass is 371 g/mol. The van der Waals surface area contributed by atoms with Crippen LogP contribution in [0.15, 0.2) is 18.2 Å². The van der Waals surface area contributed by atoms with E-state index < -0.39 is 22.7 Å². The third kappa shape index (κ3) is 2.92. The molecule has 0 aliphatic heterocycles. The van der Waals surface area contributed by atoms with Gasteiger partial charge in [-0.2, -0.15) is 15.8 Å². The van der Waals surface area contributed by atoms with Gasteiger partial charge in [0.2, 0.25) is 0 Å². The van der Waals surface area contributed by atoms with Gasteiger partial charge in [0, 0.05) is 0 Å². The second-order valence-corrected chi connectivity index (χ2v) is 5.73. The number of benzene rings is 1. The second-order valence-electron chi connectivity index (χ2n) is 5.73.